The van der Waals surface area contributed by atoms with Crippen LogP contribution in [0.25, 0.3) is 6.08 Å². The Labute approximate surface area is 204 Å². The van der Waals surface area contributed by atoms with E-state index in [2.05, 4.69) is 21.2 Å². The van der Waals surface area contributed by atoms with E-state index in [1.165, 1.54) is 13.2 Å². The number of hydrogen-bond donors (Lipinski definition) is 1. The zero-order valence-corrected chi connectivity index (χ0v) is 20.0. The first-order valence-corrected chi connectivity index (χ1v) is 10.9. The van der Waals surface area contributed by atoms with E-state index in [1.807, 2.05) is 30.3 Å². The number of nitrogens with one attached hydrogen (secondary N) is 1. The average Bonchev–Trinajstić information content (AvgIpc) is 2.79. The molecule has 0 aromatic heterocycles. The van der Waals surface area contributed by atoms with Gasteiger partial charge in [0.05, 0.1) is 22.8 Å². The van der Waals surface area contributed by atoms with Gasteiger partial charge in [-0.25, -0.2) is 0 Å². The van der Waals surface area contributed by atoms with E-state index in [0.717, 1.165) is 10.0 Å². The van der Waals surface area contributed by atoms with Crippen LogP contribution in [0.4, 0.5) is 5.69 Å². The topological polar surface area (TPSA) is 71.3 Å². The standard InChI is InChI=1S/C24H17BrCl2N2O3/c1-31-22-12-16(7-10-21(22)32-14-15-5-8-18(25)9-6-15)11-17(13-28)24(30)29-23-19(26)3-2-4-20(23)27/h2-12H,14H2,1H3,(H,29,30)/b17-11+. The molecule has 162 valence electrons. The lowest BCUT2D eigenvalue weighted by Gasteiger charge is -2.12. The summed E-state index contributed by atoms with van der Waals surface area (Å²) in [6.45, 7) is 0.364. The molecule has 0 bridgehead atoms. The van der Waals surface area contributed by atoms with Crippen molar-refractivity contribution in [1.82, 2.24) is 0 Å². The minimum atomic E-state index is -0.628. The van der Waals surface area contributed by atoms with Crippen LogP contribution >= 0.6 is 39.1 Å². The molecule has 0 radical (unpaired) electrons. The Balaban J connectivity index is 1.77. The van der Waals surface area contributed by atoms with Gasteiger partial charge in [0, 0.05) is 4.47 Å². The molecule has 0 aliphatic carbocycles. The summed E-state index contributed by atoms with van der Waals surface area (Å²) in [4.78, 5) is 12.6. The first-order chi connectivity index (χ1) is 15.4. The number of anilines is 1. The molecule has 0 heterocycles. The van der Waals surface area contributed by atoms with E-state index in [4.69, 9.17) is 32.7 Å². The number of carbonyl (C=O) groups excluding carboxylic acids is 1. The van der Waals surface area contributed by atoms with Gasteiger partial charge >= 0.3 is 0 Å². The maximum Gasteiger partial charge on any atom is 0.266 e. The highest BCUT2D eigenvalue weighted by Gasteiger charge is 2.14. The van der Waals surface area contributed by atoms with Gasteiger partial charge in [0.1, 0.15) is 18.2 Å². The summed E-state index contributed by atoms with van der Waals surface area (Å²) in [7, 11) is 1.52. The van der Waals surface area contributed by atoms with Crippen molar-refractivity contribution in [1.29, 1.82) is 5.26 Å². The van der Waals surface area contributed by atoms with E-state index < -0.39 is 5.91 Å². The number of para-hydroxylation sites is 1. The number of ether oxygens (including phenoxy) is 2. The van der Waals surface area contributed by atoms with Gasteiger partial charge in [0.15, 0.2) is 11.5 Å². The zero-order chi connectivity index (χ0) is 23.1. The first kappa shape index (κ1) is 23.7. The van der Waals surface area contributed by atoms with Crippen LogP contribution in [0.1, 0.15) is 11.1 Å². The van der Waals surface area contributed by atoms with Crippen molar-refractivity contribution in [2.24, 2.45) is 0 Å². The fourth-order valence-corrected chi connectivity index (χ4v) is 3.50. The van der Waals surface area contributed by atoms with Crippen LogP contribution in [0.2, 0.25) is 10.0 Å². The third kappa shape index (κ3) is 6.04. The Morgan fingerprint density at radius 1 is 1.09 bits per heavy atom. The van der Waals surface area contributed by atoms with E-state index in [0.29, 0.717) is 23.7 Å². The molecule has 0 saturated carbocycles. The lowest BCUT2D eigenvalue weighted by molar-refractivity contribution is -0.112. The third-order valence-corrected chi connectivity index (χ3v) is 5.53. The van der Waals surface area contributed by atoms with Crippen LogP contribution in [0.5, 0.6) is 11.5 Å². The number of halogens is 3. The minimum Gasteiger partial charge on any atom is -0.493 e. The monoisotopic (exact) mass is 530 g/mol. The Hall–Kier alpha value is -2.98. The lowest BCUT2D eigenvalue weighted by Crippen LogP contribution is -2.14. The van der Waals surface area contributed by atoms with Gasteiger partial charge in [0.2, 0.25) is 0 Å². The predicted molar refractivity (Wildman–Crippen MR) is 130 cm³/mol. The highest BCUT2D eigenvalue weighted by atomic mass is 79.9. The highest BCUT2D eigenvalue weighted by Crippen LogP contribution is 2.31. The molecule has 5 nitrogen and oxygen atoms in total. The Kier molecular flexibility index (Phi) is 8.18. The highest BCUT2D eigenvalue weighted by molar-refractivity contribution is 9.10. The van der Waals surface area contributed by atoms with Crippen molar-refractivity contribution in [3.8, 4) is 17.6 Å². The second-order valence-corrected chi connectivity index (χ2v) is 8.28. The molecule has 0 fully saturated rings. The summed E-state index contributed by atoms with van der Waals surface area (Å²) in [6, 6.07) is 19.7. The van der Waals surface area contributed by atoms with Gasteiger partial charge in [-0.15, -0.1) is 0 Å². The zero-order valence-electron chi connectivity index (χ0n) is 16.9. The summed E-state index contributed by atoms with van der Waals surface area (Å²) in [6.07, 6.45) is 1.45. The van der Waals surface area contributed by atoms with Crippen molar-refractivity contribution in [3.63, 3.8) is 0 Å². The van der Waals surface area contributed by atoms with E-state index >= 15 is 0 Å². The van der Waals surface area contributed by atoms with Crippen LogP contribution < -0.4 is 14.8 Å². The molecule has 0 spiro atoms. The molecule has 0 unspecified atom stereocenters. The molecule has 3 rings (SSSR count). The van der Waals surface area contributed by atoms with Crippen LogP contribution in [0, 0.1) is 11.3 Å². The van der Waals surface area contributed by atoms with Crippen molar-refractivity contribution < 1.29 is 14.3 Å². The lowest BCUT2D eigenvalue weighted by atomic mass is 10.1. The number of nitrogens with zero attached hydrogens (tertiary/aromatic N) is 1. The van der Waals surface area contributed by atoms with Gasteiger partial charge in [0.25, 0.3) is 5.91 Å². The summed E-state index contributed by atoms with van der Waals surface area (Å²) < 4.78 is 12.3. The van der Waals surface area contributed by atoms with E-state index in [1.54, 1.807) is 36.4 Å². The number of methoxy groups -OCH3 is 1. The number of rotatable bonds is 7. The largest absolute Gasteiger partial charge is 0.493 e. The smallest absolute Gasteiger partial charge is 0.266 e. The molecule has 1 N–H and O–H groups in total. The summed E-state index contributed by atoms with van der Waals surface area (Å²) in [5.74, 6) is 0.387. The molecule has 0 saturated heterocycles. The number of amides is 1. The van der Waals surface area contributed by atoms with E-state index in [9.17, 15) is 10.1 Å². The maximum atomic E-state index is 12.6. The quantitative estimate of drug-likeness (QED) is 0.266. The molecule has 0 aliphatic heterocycles. The Morgan fingerprint density at radius 2 is 1.78 bits per heavy atom. The summed E-state index contributed by atoms with van der Waals surface area (Å²) in [5.41, 5.74) is 1.72. The predicted octanol–water partition coefficient (Wildman–Crippen LogP) is 6.89. The van der Waals surface area contributed by atoms with Crippen LogP contribution in [0.3, 0.4) is 0 Å². The van der Waals surface area contributed by atoms with Crippen LogP contribution in [0.15, 0.2) is 70.7 Å². The molecular formula is C24H17BrCl2N2O3. The minimum absolute atomic E-state index is 0.119. The number of nitriles is 1. The number of benzene rings is 3. The van der Waals surface area contributed by atoms with Gasteiger partial charge in [-0.05, 0) is 53.6 Å². The third-order valence-electron chi connectivity index (χ3n) is 4.37. The summed E-state index contributed by atoms with van der Waals surface area (Å²) in [5, 5.41) is 12.6. The van der Waals surface area contributed by atoms with E-state index in [-0.39, 0.29) is 21.3 Å². The second kappa shape index (κ2) is 11.1. The molecule has 8 heteroatoms. The fraction of sp³-hybridized carbons (Fsp3) is 0.0833. The molecule has 0 aliphatic rings. The number of hydrogen-bond acceptors (Lipinski definition) is 4. The van der Waals surface area contributed by atoms with Gasteiger partial charge in [-0.3, -0.25) is 4.79 Å². The fourth-order valence-electron chi connectivity index (χ4n) is 2.75. The van der Waals surface area contributed by atoms with Crippen molar-refractivity contribution >= 4 is 56.8 Å². The van der Waals surface area contributed by atoms with Gasteiger partial charge in [-0.1, -0.05) is 63.4 Å². The van der Waals surface area contributed by atoms with Gasteiger partial charge < -0.3 is 14.8 Å². The normalized spacial score (nSPS) is 10.9. The molecular weight excluding hydrogens is 515 g/mol. The molecule has 3 aromatic rings. The SMILES string of the molecule is COc1cc(/C=C(\C#N)C(=O)Nc2c(Cl)cccc2Cl)ccc1OCc1ccc(Br)cc1. The van der Waals surface area contributed by atoms with Crippen molar-refractivity contribution in [2.75, 3.05) is 12.4 Å². The van der Waals surface area contributed by atoms with Crippen LogP contribution in [-0.2, 0) is 11.4 Å². The second-order valence-electron chi connectivity index (χ2n) is 6.55. The Bertz CT molecular complexity index is 1180. The Morgan fingerprint density at radius 3 is 2.41 bits per heavy atom. The van der Waals surface area contributed by atoms with Crippen LogP contribution in [-0.4, -0.2) is 13.0 Å². The maximum absolute atomic E-state index is 12.6. The summed E-state index contributed by atoms with van der Waals surface area (Å²) >= 11 is 15.6. The first-order valence-electron chi connectivity index (χ1n) is 9.33. The molecule has 1 amide bonds. The number of carbonyl (C=O) groups is 1. The van der Waals surface area contributed by atoms with Crippen molar-refractivity contribution in [2.45, 2.75) is 6.61 Å². The van der Waals surface area contributed by atoms with Gasteiger partial charge in [-0.2, -0.15) is 5.26 Å². The molecule has 0 atom stereocenters. The average molecular weight is 532 g/mol. The molecule has 3 aromatic carbocycles. The van der Waals surface area contributed by atoms with Crippen molar-refractivity contribution in [3.05, 3.63) is 91.9 Å². The molecule has 32 heavy (non-hydrogen) atoms.